The molecule has 0 bridgehead atoms. The van der Waals surface area contributed by atoms with E-state index in [0.717, 1.165) is 19.3 Å². The van der Waals surface area contributed by atoms with Gasteiger partial charge in [0.2, 0.25) is 0 Å². The Morgan fingerprint density at radius 3 is 2.29 bits per heavy atom. The first-order chi connectivity index (χ1) is 9.91. The van der Waals surface area contributed by atoms with Crippen molar-refractivity contribution in [2.45, 2.75) is 84.0 Å². The Kier molecular flexibility index (Phi) is 8.27. The number of nitrogens with two attached hydrogens (primary N) is 1. The lowest BCUT2D eigenvalue weighted by Crippen LogP contribution is -2.40. The van der Waals surface area contributed by atoms with Crippen molar-refractivity contribution in [1.29, 1.82) is 0 Å². The fourth-order valence-corrected chi connectivity index (χ4v) is 2.82. The number of carbonyl (C=O) groups excluding carboxylic acids is 1. The second-order valence-electron chi connectivity index (χ2n) is 6.85. The number of rotatable bonds is 7. The Labute approximate surface area is 130 Å². The largest absolute Gasteiger partial charge is 0.365 e. The van der Waals surface area contributed by atoms with Gasteiger partial charge in [0, 0.05) is 19.6 Å². The normalized spacial score (nSPS) is 20.1. The molecule has 1 fully saturated rings. The summed E-state index contributed by atoms with van der Waals surface area (Å²) in [7, 11) is 1.85. The van der Waals surface area contributed by atoms with Crippen LogP contribution in [0.2, 0.25) is 0 Å². The smallest absolute Gasteiger partial charge is 0.251 e. The summed E-state index contributed by atoms with van der Waals surface area (Å²) in [6.45, 7) is 6.82. The topological polar surface area (TPSA) is 55.6 Å². The number of hydrogen-bond acceptors (Lipinski definition) is 3. The summed E-state index contributed by atoms with van der Waals surface area (Å²) in [4.78, 5) is 14.1. The molecule has 1 rings (SSSR count). The maximum absolute atomic E-state index is 12.3. The molecule has 0 aromatic rings. The molecule has 1 aliphatic carbocycles. The molecule has 0 saturated heterocycles. The second kappa shape index (κ2) is 9.42. The summed E-state index contributed by atoms with van der Waals surface area (Å²) >= 11 is 0. The molecule has 0 heterocycles. The minimum Gasteiger partial charge on any atom is -0.365 e. The maximum Gasteiger partial charge on any atom is 0.251 e. The Balaban J connectivity index is 2.34. The van der Waals surface area contributed by atoms with E-state index in [0.29, 0.717) is 12.5 Å². The maximum atomic E-state index is 12.3. The third-order valence-corrected chi connectivity index (χ3v) is 4.58. The molecular formula is C17H34N2O2. The van der Waals surface area contributed by atoms with Gasteiger partial charge in [0.15, 0.2) is 0 Å². The first-order valence-corrected chi connectivity index (χ1v) is 8.57. The average Bonchev–Trinajstić information content (AvgIpc) is 2.71. The van der Waals surface area contributed by atoms with E-state index >= 15 is 0 Å². The van der Waals surface area contributed by atoms with Crippen LogP contribution in [0.25, 0.3) is 0 Å². The van der Waals surface area contributed by atoms with Crippen LogP contribution in [-0.4, -0.2) is 42.6 Å². The minimum atomic E-state index is -0.339. The van der Waals surface area contributed by atoms with Gasteiger partial charge in [-0.15, -0.1) is 0 Å². The van der Waals surface area contributed by atoms with Crippen molar-refractivity contribution in [3.8, 4) is 0 Å². The summed E-state index contributed by atoms with van der Waals surface area (Å²) in [6, 6.07) is 0.151. The van der Waals surface area contributed by atoms with Crippen molar-refractivity contribution in [2.75, 3.05) is 13.6 Å². The quantitative estimate of drug-likeness (QED) is 0.735. The standard InChI is InChI=1S/C17H34N2O2/c1-13(2)16(18)11-12-19(4)17(20)14(3)21-15-9-7-5-6-8-10-15/h13-16H,5-12,18H2,1-4H3. The van der Waals surface area contributed by atoms with E-state index < -0.39 is 0 Å². The van der Waals surface area contributed by atoms with Crippen LogP contribution in [0.4, 0.5) is 0 Å². The van der Waals surface area contributed by atoms with Gasteiger partial charge in [-0.3, -0.25) is 4.79 Å². The van der Waals surface area contributed by atoms with Crippen molar-refractivity contribution < 1.29 is 9.53 Å². The molecule has 2 atom stereocenters. The summed E-state index contributed by atoms with van der Waals surface area (Å²) < 4.78 is 5.99. The van der Waals surface area contributed by atoms with Gasteiger partial charge < -0.3 is 15.4 Å². The minimum absolute atomic E-state index is 0.0789. The molecule has 21 heavy (non-hydrogen) atoms. The first-order valence-electron chi connectivity index (χ1n) is 8.57. The Morgan fingerprint density at radius 2 is 1.76 bits per heavy atom. The monoisotopic (exact) mass is 298 g/mol. The molecule has 124 valence electrons. The summed E-state index contributed by atoms with van der Waals surface area (Å²) in [6.07, 6.45) is 8.01. The molecule has 2 unspecified atom stereocenters. The molecule has 4 nitrogen and oxygen atoms in total. The highest BCUT2D eigenvalue weighted by molar-refractivity contribution is 5.80. The van der Waals surface area contributed by atoms with Crippen molar-refractivity contribution in [3.05, 3.63) is 0 Å². The van der Waals surface area contributed by atoms with E-state index in [1.807, 2.05) is 14.0 Å². The van der Waals surface area contributed by atoms with Crippen molar-refractivity contribution in [2.24, 2.45) is 11.7 Å². The Bertz CT molecular complexity index is 299. The van der Waals surface area contributed by atoms with Crippen molar-refractivity contribution >= 4 is 5.91 Å². The summed E-state index contributed by atoms with van der Waals surface area (Å²) in [5.74, 6) is 0.531. The lowest BCUT2D eigenvalue weighted by molar-refractivity contribution is -0.145. The van der Waals surface area contributed by atoms with E-state index in [1.54, 1.807) is 4.90 Å². The predicted octanol–water partition coefficient (Wildman–Crippen LogP) is 2.95. The molecule has 1 aliphatic rings. The highest BCUT2D eigenvalue weighted by atomic mass is 16.5. The number of nitrogens with zero attached hydrogens (tertiary/aromatic N) is 1. The van der Waals surface area contributed by atoms with Gasteiger partial charge in [0.05, 0.1) is 6.10 Å². The molecule has 1 amide bonds. The van der Waals surface area contributed by atoms with E-state index in [4.69, 9.17) is 10.5 Å². The van der Waals surface area contributed by atoms with Gasteiger partial charge in [0.1, 0.15) is 6.10 Å². The van der Waals surface area contributed by atoms with E-state index in [-0.39, 0.29) is 24.2 Å². The summed E-state index contributed by atoms with van der Waals surface area (Å²) in [5, 5.41) is 0. The highest BCUT2D eigenvalue weighted by Gasteiger charge is 2.23. The van der Waals surface area contributed by atoms with Crippen LogP contribution in [-0.2, 0) is 9.53 Å². The van der Waals surface area contributed by atoms with Gasteiger partial charge in [-0.05, 0) is 32.1 Å². The lowest BCUT2D eigenvalue weighted by Gasteiger charge is -2.26. The van der Waals surface area contributed by atoms with Crippen LogP contribution in [0, 0.1) is 5.92 Å². The number of carbonyl (C=O) groups is 1. The fraction of sp³-hybridized carbons (Fsp3) is 0.941. The Morgan fingerprint density at radius 1 is 1.19 bits per heavy atom. The van der Waals surface area contributed by atoms with Gasteiger partial charge >= 0.3 is 0 Å². The molecule has 0 aliphatic heterocycles. The van der Waals surface area contributed by atoms with Crippen molar-refractivity contribution in [3.63, 3.8) is 0 Å². The Hall–Kier alpha value is -0.610. The first kappa shape index (κ1) is 18.4. The molecule has 0 aromatic carbocycles. The molecule has 0 spiro atoms. The summed E-state index contributed by atoms with van der Waals surface area (Å²) in [5.41, 5.74) is 6.04. The van der Waals surface area contributed by atoms with Crippen LogP contribution in [0.5, 0.6) is 0 Å². The van der Waals surface area contributed by atoms with Crippen LogP contribution in [0.1, 0.15) is 65.7 Å². The predicted molar refractivity (Wildman–Crippen MR) is 87.1 cm³/mol. The molecule has 0 radical (unpaired) electrons. The third kappa shape index (κ3) is 6.79. The molecule has 4 heteroatoms. The molecular weight excluding hydrogens is 264 g/mol. The van der Waals surface area contributed by atoms with E-state index in [9.17, 15) is 4.79 Å². The second-order valence-corrected chi connectivity index (χ2v) is 6.85. The van der Waals surface area contributed by atoms with E-state index in [2.05, 4.69) is 13.8 Å². The van der Waals surface area contributed by atoms with Crippen LogP contribution in [0.3, 0.4) is 0 Å². The van der Waals surface area contributed by atoms with Gasteiger partial charge in [-0.2, -0.15) is 0 Å². The van der Waals surface area contributed by atoms with Gasteiger partial charge in [0.25, 0.3) is 5.91 Å². The highest BCUT2D eigenvalue weighted by Crippen LogP contribution is 2.21. The zero-order chi connectivity index (χ0) is 15.8. The van der Waals surface area contributed by atoms with Crippen LogP contribution < -0.4 is 5.73 Å². The zero-order valence-corrected chi connectivity index (χ0v) is 14.3. The molecule has 0 aromatic heterocycles. The van der Waals surface area contributed by atoms with Gasteiger partial charge in [-0.1, -0.05) is 39.5 Å². The SMILES string of the molecule is CC(OC1CCCCCC1)C(=O)N(C)CCC(N)C(C)C. The number of likely N-dealkylation sites (N-methyl/N-ethyl adjacent to an activating group) is 1. The van der Waals surface area contributed by atoms with Crippen LogP contribution >= 0.6 is 0 Å². The van der Waals surface area contributed by atoms with E-state index in [1.165, 1.54) is 25.7 Å². The zero-order valence-electron chi connectivity index (χ0n) is 14.3. The molecule has 2 N–H and O–H groups in total. The van der Waals surface area contributed by atoms with Crippen LogP contribution in [0.15, 0.2) is 0 Å². The number of amides is 1. The number of ether oxygens (including phenoxy) is 1. The lowest BCUT2D eigenvalue weighted by atomic mass is 10.0. The average molecular weight is 298 g/mol. The number of hydrogen-bond donors (Lipinski definition) is 1. The fourth-order valence-electron chi connectivity index (χ4n) is 2.82. The van der Waals surface area contributed by atoms with Crippen molar-refractivity contribution in [1.82, 2.24) is 4.90 Å². The molecule has 1 saturated carbocycles. The van der Waals surface area contributed by atoms with Gasteiger partial charge in [-0.25, -0.2) is 0 Å². The third-order valence-electron chi connectivity index (χ3n) is 4.58.